The lowest BCUT2D eigenvalue weighted by atomic mass is 10.1. The minimum atomic E-state index is -0.0300. The molecule has 1 aromatic carbocycles. The molecule has 0 unspecified atom stereocenters. The van der Waals surface area contributed by atoms with Crippen LogP contribution in [0.4, 0.5) is 5.69 Å². The Hall–Kier alpha value is -2.32. The summed E-state index contributed by atoms with van der Waals surface area (Å²) in [6, 6.07) is 11.8. The number of benzene rings is 1. The molecule has 0 atom stereocenters. The zero-order valence-electron chi connectivity index (χ0n) is 15.8. The molecule has 1 heterocycles. The summed E-state index contributed by atoms with van der Waals surface area (Å²) in [5, 5.41) is 12.9. The molecule has 0 saturated carbocycles. The van der Waals surface area contributed by atoms with Crippen LogP contribution in [-0.4, -0.2) is 16.6 Å². The van der Waals surface area contributed by atoms with Gasteiger partial charge in [0.15, 0.2) is 0 Å². The van der Waals surface area contributed by atoms with Crippen molar-refractivity contribution in [2.45, 2.75) is 45.6 Å². The van der Waals surface area contributed by atoms with Crippen molar-refractivity contribution < 1.29 is 4.79 Å². The van der Waals surface area contributed by atoms with Gasteiger partial charge in [0.05, 0.1) is 5.56 Å². The van der Waals surface area contributed by atoms with Gasteiger partial charge >= 0.3 is 0 Å². The van der Waals surface area contributed by atoms with Gasteiger partial charge in [0, 0.05) is 23.6 Å². The van der Waals surface area contributed by atoms with Crippen molar-refractivity contribution in [3.05, 3.63) is 52.7 Å². The third kappa shape index (κ3) is 5.89. The molecule has 1 N–H and O–H groups in total. The first kappa shape index (κ1) is 20.0. The Kier molecular flexibility index (Phi) is 7.23. The van der Waals surface area contributed by atoms with Gasteiger partial charge in [-0.3, -0.25) is 4.79 Å². The Labute approximate surface area is 160 Å². The molecule has 0 radical (unpaired) electrons. The monoisotopic (exact) mass is 367 g/mol. The van der Waals surface area contributed by atoms with E-state index in [0.29, 0.717) is 28.7 Å². The van der Waals surface area contributed by atoms with Gasteiger partial charge in [-0.15, -0.1) is 11.8 Å². The fraction of sp³-hybridized carbons (Fsp3) is 0.381. The summed E-state index contributed by atoms with van der Waals surface area (Å²) >= 11 is 1.46. The fourth-order valence-corrected chi connectivity index (χ4v) is 3.42. The number of hydrogen-bond donors (Lipinski definition) is 1. The number of carbonyl (C=O) groups is 1. The maximum absolute atomic E-state index is 12.2. The summed E-state index contributed by atoms with van der Waals surface area (Å²) in [6.45, 7) is 8.36. The van der Waals surface area contributed by atoms with Crippen molar-refractivity contribution in [1.29, 1.82) is 5.26 Å². The van der Waals surface area contributed by atoms with Gasteiger partial charge in [-0.2, -0.15) is 5.26 Å². The number of anilines is 1. The van der Waals surface area contributed by atoms with Gasteiger partial charge in [0.25, 0.3) is 0 Å². The average Bonchev–Trinajstić information content (AvgIpc) is 2.58. The number of nitriles is 1. The van der Waals surface area contributed by atoms with Crippen LogP contribution in [0.15, 0.2) is 35.4 Å². The molecule has 26 heavy (non-hydrogen) atoms. The first-order valence-electron chi connectivity index (χ1n) is 8.79. The number of aromatic nitrogens is 1. The van der Waals surface area contributed by atoms with Crippen LogP contribution in [0.5, 0.6) is 0 Å². The zero-order chi connectivity index (χ0) is 19.1. The maximum Gasteiger partial charge on any atom is 0.225 e. The van der Waals surface area contributed by atoms with Gasteiger partial charge < -0.3 is 5.32 Å². The lowest BCUT2D eigenvalue weighted by molar-refractivity contribution is -0.115. The fourth-order valence-electron chi connectivity index (χ4n) is 2.49. The van der Waals surface area contributed by atoms with E-state index in [0.717, 1.165) is 23.4 Å². The van der Waals surface area contributed by atoms with E-state index in [-0.39, 0.29) is 5.91 Å². The highest BCUT2D eigenvalue weighted by molar-refractivity contribution is 7.99. The topological polar surface area (TPSA) is 65.8 Å². The Balaban J connectivity index is 1.92. The van der Waals surface area contributed by atoms with Crippen molar-refractivity contribution in [2.24, 2.45) is 5.92 Å². The van der Waals surface area contributed by atoms with Gasteiger partial charge in [-0.05, 0) is 61.6 Å². The van der Waals surface area contributed by atoms with Gasteiger partial charge in [-0.1, -0.05) is 19.9 Å². The lowest BCUT2D eigenvalue weighted by Crippen LogP contribution is -2.12. The standard InChI is InChI=1S/C21H25N3OS/c1-14(2)11-18-8-6-17(13-22)21(24-18)26-10-9-20(25)23-19-7-5-15(3)16(4)12-19/h5-8,12,14H,9-11H2,1-4H3,(H,23,25). The Bertz CT molecular complexity index is 824. The van der Waals surface area contributed by atoms with E-state index in [4.69, 9.17) is 0 Å². The first-order chi connectivity index (χ1) is 12.4. The largest absolute Gasteiger partial charge is 0.326 e. The molecule has 0 aliphatic carbocycles. The van der Waals surface area contributed by atoms with E-state index < -0.39 is 0 Å². The van der Waals surface area contributed by atoms with Crippen molar-refractivity contribution in [3.63, 3.8) is 0 Å². The highest BCUT2D eigenvalue weighted by Gasteiger charge is 2.10. The van der Waals surface area contributed by atoms with Gasteiger partial charge in [0.1, 0.15) is 11.1 Å². The number of carbonyl (C=O) groups excluding carboxylic acids is 1. The van der Waals surface area contributed by atoms with E-state index in [2.05, 4.69) is 30.2 Å². The SMILES string of the molecule is Cc1ccc(NC(=O)CCSc2nc(CC(C)C)ccc2C#N)cc1C. The zero-order valence-corrected chi connectivity index (χ0v) is 16.6. The molecule has 0 spiro atoms. The van der Waals surface area contributed by atoms with E-state index in [1.165, 1.54) is 17.3 Å². The molecule has 5 heteroatoms. The Morgan fingerprint density at radius 3 is 2.65 bits per heavy atom. The van der Waals surface area contributed by atoms with Crippen LogP contribution < -0.4 is 5.32 Å². The van der Waals surface area contributed by atoms with Crippen molar-refractivity contribution in [3.8, 4) is 6.07 Å². The molecule has 4 nitrogen and oxygen atoms in total. The summed E-state index contributed by atoms with van der Waals surface area (Å²) < 4.78 is 0. The molecule has 0 bridgehead atoms. The number of hydrogen-bond acceptors (Lipinski definition) is 4. The molecule has 136 valence electrons. The normalized spacial score (nSPS) is 10.6. The van der Waals surface area contributed by atoms with Crippen LogP contribution in [0, 0.1) is 31.1 Å². The minimum Gasteiger partial charge on any atom is -0.326 e. The number of rotatable bonds is 7. The third-order valence-corrected chi connectivity index (χ3v) is 5.01. The summed E-state index contributed by atoms with van der Waals surface area (Å²) in [4.78, 5) is 16.8. The maximum atomic E-state index is 12.2. The highest BCUT2D eigenvalue weighted by Crippen LogP contribution is 2.22. The predicted molar refractivity (Wildman–Crippen MR) is 107 cm³/mol. The quantitative estimate of drug-likeness (QED) is 0.708. The number of thioether (sulfide) groups is 1. The Morgan fingerprint density at radius 2 is 2.00 bits per heavy atom. The van der Waals surface area contributed by atoms with E-state index in [9.17, 15) is 10.1 Å². The molecular weight excluding hydrogens is 342 g/mol. The summed E-state index contributed by atoms with van der Waals surface area (Å²) in [5.41, 5.74) is 4.73. The number of nitrogens with zero attached hydrogens (tertiary/aromatic N) is 2. The second-order valence-electron chi connectivity index (χ2n) is 6.81. The van der Waals surface area contributed by atoms with Crippen LogP contribution in [-0.2, 0) is 11.2 Å². The molecular formula is C21H25N3OS. The number of nitrogens with one attached hydrogen (secondary N) is 1. The molecule has 2 aromatic rings. The number of aryl methyl sites for hydroxylation is 2. The number of pyridine rings is 1. The molecule has 0 aliphatic heterocycles. The third-order valence-electron chi connectivity index (χ3n) is 4.01. The first-order valence-corrected chi connectivity index (χ1v) is 9.77. The van der Waals surface area contributed by atoms with Gasteiger partial charge in [-0.25, -0.2) is 4.98 Å². The van der Waals surface area contributed by atoms with E-state index in [1.807, 2.05) is 44.2 Å². The lowest BCUT2D eigenvalue weighted by Gasteiger charge is -2.09. The van der Waals surface area contributed by atoms with Crippen LogP contribution in [0.2, 0.25) is 0 Å². The molecule has 0 saturated heterocycles. The minimum absolute atomic E-state index is 0.0300. The Morgan fingerprint density at radius 1 is 1.23 bits per heavy atom. The van der Waals surface area contributed by atoms with Crippen LogP contribution >= 0.6 is 11.8 Å². The predicted octanol–water partition coefficient (Wildman–Crippen LogP) is 4.89. The summed E-state index contributed by atoms with van der Waals surface area (Å²) in [6.07, 6.45) is 1.26. The molecule has 1 amide bonds. The highest BCUT2D eigenvalue weighted by atomic mass is 32.2. The van der Waals surface area contributed by atoms with Crippen LogP contribution in [0.25, 0.3) is 0 Å². The van der Waals surface area contributed by atoms with Crippen molar-refractivity contribution >= 4 is 23.4 Å². The van der Waals surface area contributed by atoms with Crippen molar-refractivity contribution in [2.75, 3.05) is 11.1 Å². The molecule has 2 rings (SSSR count). The van der Waals surface area contributed by atoms with Crippen LogP contribution in [0.1, 0.15) is 42.7 Å². The molecule has 1 aromatic heterocycles. The molecule has 0 fully saturated rings. The van der Waals surface area contributed by atoms with Gasteiger partial charge in [0.2, 0.25) is 5.91 Å². The summed E-state index contributed by atoms with van der Waals surface area (Å²) in [5.74, 6) is 1.07. The summed E-state index contributed by atoms with van der Waals surface area (Å²) in [7, 11) is 0. The second-order valence-corrected chi connectivity index (χ2v) is 7.89. The van der Waals surface area contributed by atoms with E-state index in [1.54, 1.807) is 0 Å². The number of amides is 1. The molecule has 0 aliphatic rings. The van der Waals surface area contributed by atoms with Crippen molar-refractivity contribution in [1.82, 2.24) is 4.98 Å². The van der Waals surface area contributed by atoms with E-state index >= 15 is 0 Å². The smallest absolute Gasteiger partial charge is 0.225 e. The second kappa shape index (κ2) is 9.40. The average molecular weight is 368 g/mol. The van der Waals surface area contributed by atoms with Crippen LogP contribution in [0.3, 0.4) is 0 Å².